The molecule has 0 saturated carbocycles. The van der Waals surface area contributed by atoms with Gasteiger partial charge in [-0.3, -0.25) is 0 Å². The molecule has 5 heteroatoms. The van der Waals surface area contributed by atoms with Crippen molar-refractivity contribution in [3.8, 4) is 16.8 Å². The molecule has 2 aromatic carbocycles. The molecule has 0 fully saturated rings. The highest BCUT2D eigenvalue weighted by Gasteiger charge is 2.20. The number of hydrogen-bond donors (Lipinski definition) is 0. The number of esters is 1. The van der Waals surface area contributed by atoms with Gasteiger partial charge in [0.05, 0.1) is 6.61 Å². The maximum atomic E-state index is 14.0. The topological polar surface area (TPSA) is 44.1 Å². The third kappa shape index (κ3) is 2.99. The molecule has 116 valence electrons. The van der Waals surface area contributed by atoms with Crippen LogP contribution in [0.3, 0.4) is 0 Å². The summed E-state index contributed by atoms with van der Waals surface area (Å²) in [5, 5.41) is 4.24. The van der Waals surface area contributed by atoms with Gasteiger partial charge in [-0.1, -0.05) is 42.5 Å². The van der Waals surface area contributed by atoms with Crippen LogP contribution in [0.4, 0.5) is 4.39 Å². The molecule has 0 aliphatic rings. The first-order valence-electron chi connectivity index (χ1n) is 7.28. The second kappa shape index (κ2) is 6.44. The molecule has 1 aromatic heterocycles. The Morgan fingerprint density at radius 1 is 1.13 bits per heavy atom. The maximum absolute atomic E-state index is 14.0. The largest absolute Gasteiger partial charge is 0.461 e. The number of hydrogen-bond acceptors (Lipinski definition) is 3. The molecule has 0 aliphatic carbocycles. The van der Waals surface area contributed by atoms with E-state index in [0.29, 0.717) is 5.56 Å². The molecule has 0 aliphatic heterocycles. The summed E-state index contributed by atoms with van der Waals surface area (Å²) in [6.45, 7) is 1.98. The van der Waals surface area contributed by atoms with Gasteiger partial charge in [0.1, 0.15) is 11.5 Å². The van der Waals surface area contributed by atoms with E-state index in [1.165, 1.54) is 10.7 Å². The van der Waals surface area contributed by atoms with Gasteiger partial charge < -0.3 is 4.74 Å². The second-order valence-corrected chi connectivity index (χ2v) is 4.87. The predicted octanol–water partition coefficient (Wildman–Crippen LogP) is 3.86. The Balaban J connectivity index is 2.14. The van der Waals surface area contributed by atoms with Crippen molar-refractivity contribution in [2.45, 2.75) is 6.92 Å². The Hall–Kier alpha value is -2.95. The van der Waals surface area contributed by atoms with E-state index in [1.54, 1.807) is 31.3 Å². The minimum absolute atomic E-state index is 0.168. The molecule has 0 unspecified atom stereocenters. The van der Waals surface area contributed by atoms with Gasteiger partial charge in [-0.05, 0) is 24.6 Å². The molecule has 1 heterocycles. The zero-order valence-electron chi connectivity index (χ0n) is 12.6. The molecule has 0 radical (unpaired) electrons. The Morgan fingerprint density at radius 3 is 2.52 bits per heavy atom. The van der Waals surface area contributed by atoms with Gasteiger partial charge >= 0.3 is 5.97 Å². The van der Waals surface area contributed by atoms with Gasteiger partial charge in [-0.25, -0.2) is 13.9 Å². The summed E-state index contributed by atoms with van der Waals surface area (Å²) in [6.07, 6.45) is 1.64. The Kier molecular flexibility index (Phi) is 4.19. The number of carbonyl (C=O) groups is 1. The van der Waals surface area contributed by atoms with Crippen molar-refractivity contribution in [3.63, 3.8) is 0 Å². The molecular formula is C18H15FN2O2. The van der Waals surface area contributed by atoms with E-state index < -0.39 is 11.8 Å². The first-order chi connectivity index (χ1) is 11.2. The predicted molar refractivity (Wildman–Crippen MR) is 84.9 cm³/mol. The molecule has 0 amide bonds. The van der Waals surface area contributed by atoms with Crippen molar-refractivity contribution in [3.05, 3.63) is 72.3 Å². The number of ether oxygens (including phenoxy) is 1. The summed E-state index contributed by atoms with van der Waals surface area (Å²) in [6, 6.07) is 15.6. The maximum Gasteiger partial charge on any atom is 0.359 e. The van der Waals surface area contributed by atoms with Crippen LogP contribution >= 0.6 is 0 Å². The van der Waals surface area contributed by atoms with Crippen molar-refractivity contribution >= 4 is 5.97 Å². The molecule has 0 atom stereocenters. The second-order valence-electron chi connectivity index (χ2n) is 4.87. The summed E-state index contributed by atoms with van der Waals surface area (Å²) in [5.74, 6) is -0.938. The zero-order valence-corrected chi connectivity index (χ0v) is 12.6. The van der Waals surface area contributed by atoms with Crippen molar-refractivity contribution in [2.75, 3.05) is 6.61 Å². The molecular weight excluding hydrogens is 295 g/mol. The third-order valence-corrected chi connectivity index (χ3v) is 3.37. The molecule has 0 bridgehead atoms. The molecule has 0 spiro atoms. The lowest BCUT2D eigenvalue weighted by atomic mass is 10.1. The van der Waals surface area contributed by atoms with Crippen LogP contribution in [0.1, 0.15) is 17.4 Å². The lowest BCUT2D eigenvalue weighted by molar-refractivity contribution is 0.0520. The van der Waals surface area contributed by atoms with E-state index in [4.69, 9.17) is 4.74 Å². The highest BCUT2D eigenvalue weighted by Crippen LogP contribution is 2.25. The molecule has 0 saturated heterocycles. The average molecular weight is 310 g/mol. The standard InChI is InChI=1S/C18H15FN2O2/c1-2-23-18(22)17-14(13-8-4-3-5-9-13)12-21(20-17)16-11-7-6-10-15(16)19/h3-12H,2H2,1H3. The number of rotatable bonds is 4. The van der Waals surface area contributed by atoms with Crippen molar-refractivity contribution in [1.82, 2.24) is 9.78 Å². The monoisotopic (exact) mass is 310 g/mol. The number of para-hydroxylation sites is 1. The lowest BCUT2D eigenvalue weighted by Gasteiger charge is -2.02. The highest BCUT2D eigenvalue weighted by molar-refractivity contribution is 5.95. The third-order valence-electron chi connectivity index (χ3n) is 3.37. The van der Waals surface area contributed by atoms with Crippen LogP contribution in [-0.4, -0.2) is 22.4 Å². The fourth-order valence-corrected chi connectivity index (χ4v) is 2.31. The zero-order chi connectivity index (χ0) is 16.2. The number of nitrogens with zero attached hydrogens (tertiary/aromatic N) is 2. The molecule has 4 nitrogen and oxygen atoms in total. The van der Waals surface area contributed by atoms with Crippen LogP contribution in [0.15, 0.2) is 60.8 Å². The SMILES string of the molecule is CCOC(=O)c1nn(-c2ccccc2F)cc1-c1ccccc1. The highest BCUT2D eigenvalue weighted by atomic mass is 19.1. The summed E-state index contributed by atoms with van der Waals surface area (Å²) in [5.41, 5.74) is 1.87. The summed E-state index contributed by atoms with van der Waals surface area (Å²) < 4.78 is 20.4. The number of benzene rings is 2. The smallest absolute Gasteiger partial charge is 0.359 e. The van der Waals surface area contributed by atoms with Gasteiger partial charge in [0.2, 0.25) is 0 Å². The number of aromatic nitrogens is 2. The van der Waals surface area contributed by atoms with Crippen LogP contribution in [0, 0.1) is 5.82 Å². The molecule has 3 rings (SSSR count). The van der Waals surface area contributed by atoms with E-state index in [2.05, 4.69) is 5.10 Å². The fourth-order valence-electron chi connectivity index (χ4n) is 2.31. The van der Waals surface area contributed by atoms with Crippen LogP contribution < -0.4 is 0 Å². The van der Waals surface area contributed by atoms with Crippen LogP contribution in [0.5, 0.6) is 0 Å². The lowest BCUT2D eigenvalue weighted by Crippen LogP contribution is -2.08. The molecule has 3 aromatic rings. The average Bonchev–Trinajstić information content (AvgIpc) is 3.01. The summed E-state index contributed by atoms with van der Waals surface area (Å²) >= 11 is 0. The number of halogens is 1. The van der Waals surface area contributed by atoms with E-state index in [9.17, 15) is 9.18 Å². The van der Waals surface area contributed by atoms with Crippen molar-refractivity contribution in [1.29, 1.82) is 0 Å². The van der Waals surface area contributed by atoms with Crippen LogP contribution in [-0.2, 0) is 4.74 Å². The van der Waals surface area contributed by atoms with E-state index in [-0.39, 0.29) is 18.0 Å². The van der Waals surface area contributed by atoms with E-state index in [1.807, 2.05) is 30.3 Å². The van der Waals surface area contributed by atoms with Gasteiger partial charge in [0.15, 0.2) is 5.69 Å². The van der Waals surface area contributed by atoms with E-state index in [0.717, 1.165) is 5.56 Å². The van der Waals surface area contributed by atoms with Crippen molar-refractivity contribution in [2.24, 2.45) is 0 Å². The first-order valence-corrected chi connectivity index (χ1v) is 7.28. The normalized spacial score (nSPS) is 10.5. The number of carbonyl (C=O) groups excluding carboxylic acids is 1. The van der Waals surface area contributed by atoms with Gasteiger partial charge in [0.25, 0.3) is 0 Å². The Morgan fingerprint density at radius 2 is 1.83 bits per heavy atom. The molecule has 0 N–H and O–H groups in total. The Labute approximate surface area is 133 Å². The Bertz CT molecular complexity index is 828. The van der Waals surface area contributed by atoms with Gasteiger partial charge in [-0.15, -0.1) is 0 Å². The van der Waals surface area contributed by atoms with Crippen molar-refractivity contribution < 1.29 is 13.9 Å². The minimum Gasteiger partial charge on any atom is -0.461 e. The fraction of sp³-hybridized carbons (Fsp3) is 0.111. The van der Waals surface area contributed by atoms with Gasteiger partial charge in [0, 0.05) is 11.8 Å². The minimum atomic E-state index is -0.526. The summed E-state index contributed by atoms with van der Waals surface area (Å²) in [4.78, 5) is 12.2. The quantitative estimate of drug-likeness (QED) is 0.687. The van der Waals surface area contributed by atoms with Crippen LogP contribution in [0.2, 0.25) is 0 Å². The summed E-state index contributed by atoms with van der Waals surface area (Å²) in [7, 11) is 0. The van der Waals surface area contributed by atoms with Crippen LogP contribution in [0.25, 0.3) is 16.8 Å². The first kappa shape index (κ1) is 15.0. The van der Waals surface area contributed by atoms with Gasteiger partial charge in [-0.2, -0.15) is 5.10 Å². The molecule has 23 heavy (non-hydrogen) atoms. The van der Waals surface area contributed by atoms with E-state index >= 15 is 0 Å².